The Hall–Kier alpha value is -3.62. The molecular weight excluding hydrogens is 370 g/mol. The number of nitrogens with two attached hydrogens (primary N) is 2. The molecule has 0 aliphatic heterocycles. The van der Waals surface area contributed by atoms with Gasteiger partial charge in [-0.25, -0.2) is 21.5 Å². The van der Waals surface area contributed by atoms with Crippen molar-refractivity contribution in [2.24, 2.45) is 11.7 Å². The quantitative estimate of drug-likeness (QED) is 0.337. The number of carbonyl (C=O) groups excluding carboxylic acids is 1. The maximum Gasteiger partial charge on any atom is 0.350 e. The lowest BCUT2D eigenvalue weighted by Crippen LogP contribution is -2.48. The number of para-hydroxylation sites is 1. The Kier molecular flexibility index (Phi) is 6.28. The number of anilines is 1. The van der Waals surface area contributed by atoms with Crippen molar-refractivity contribution in [2.45, 2.75) is 13.5 Å². The lowest BCUT2D eigenvalue weighted by molar-refractivity contribution is 0.246. The van der Waals surface area contributed by atoms with Crippen LogP contribution in [0.4, 0.5) is 10.5 Å². The van der Waals surface area contributed by atoms with Crippen LogP contribution in [0.25, 0.3) is 11.1 Å². The van der Waals surface area contributed by atoms with Crippen molar-refractivity contribution in [3.8, 4) is 22.6 Å². The summed E-state index contributed by atoms with van der Waals surface area (Å²) in [6, 6.07) is 14.4. The van der Waals surface area contributed by atoms with Crippen molar-refractivity contribution >= 4 is 11.7 Å². The molecule has 0 saturated heterocycles. The molecule has 0 spiro atoms. The highest BCUT2D eigenvalue weighted by Crippen LogP contribution is 2.31. The SMILES string of the molecule is COc1ccccc1-c1cncc(OCc2c(C)cccc2N(N)C(=O)NN)c1. The van der Waals surface area contributed by atoms with Gasteiger partial charge in [-0.05, 0) is 30.7 Å². The number of pyridine rings is 1. The smallest absolute Gasteiger partial charge is 0.350 e. The van der Waals surface area contributed by atoms with Crippen LogP contribution in [0.15, 0.2) is 60.9 Å². The molecule has 0 radical (unpaired) electrons. The molecule has 0 fully saturated rings. The summed E-state index contributed by atoms with van der Waals surface area (Å²) in [5, 5.41) is 0.954. The fourth-order valence-electron chi connectivity index (χ4n) is 2.96. The molecule has 0 saturated carbocycles. The van der Waals surface area contributed by atoms with Gasteiger partial charge in [0, 0.05) is 22.9 Å². The Morgan fingerprint density at radius 1 is 1.17 bits per heavy atom. The number of hydrogen-bond donors (Lipinski definition) is 3. The number of aryl methyl sites for hydroxylation is 1. The van der Waals surface area contributed by atoms with E-state index < -0.39 is 6.03 Å². The lowest BCUT2D eigenvalue weighted by atomic mass is 10.1. The van der Waals surface area contributed by atoms with Gasteiger partial charge in [-0.1, -0.05) is 30.3 Å². The minimum Gasteiger partial charge on any atom is -0.496 e. The predicted octanol–water partition coefficient (Wildman–Crippen LogP) is 2.91. The normalized spacial score (nSPS) is 10.3. The molecule has 2 amide bonds. The van der Waals surface area contributed by atoms with Crippen molar-refractivity contribution in [1.29, 1.82) is 0 Å². The number of nitrogens with zero attached hydrogens (tertiary/aromatic N) is 2. The van der Waals surface area contributed by atoms with E-state index in [0.29, 0.717) is 11.4 Å². The molecule has 150 valence electrons. The standard InChI is InChI=1S/C21H23N5O3/c1-14-6-5-8-19(26(23)21(27)25-22)18(14)13-29-16-10-15(11-24-12-16)17-7-3-4-9-20(17)28-2/h3-12H,13,22-23H2,1-2H3,(H,25,27). The first-order chi connectivity index (χ1) is 14.0. The number of amides is 2. The van der Waals surface area contributed by atoms with E-state index >= 15 is 0 Å². The van der Waals surface area contributed by atoms with Gasteiger partial charge < -0.3 is 9.47 Å². The van der Waals surface area contributed by atoms with Crippen LogP contribution in [0.5, 0.6) is 11.5 Å². The van der Waals surface area contributed by atoms with Gasteiger partial charge in [0.1, 0.15) is 18.1 Å². The number of hydrogen-bond acceptors (Lipinski definition) is 6. The third kappa shape index (κ3) is 4.45. The topological polar surface area (TPSA) is 116 Å². The van der Waals surface area contributed by atoms with E-state index in [-0.39, 0.29) is 6.61 Å². The molecule has 0 unspecified atom stereocenters. The summed E-state index contributed by atoms with van der Waals surface area (Å²) in [5.74, 6) is 12.4. The zero-order chi connectivity index (χ0) is 20.8. The number of methoxy groups -OCH3 is 1. The average molecular weight is 393 g/mol. The number of nitrogens with one attached hydrogen (secondary N) is 1. The fourth-order valence-corrected chi connectivity index (χ4v) is 2.96. The van der Waals surface area contributed by atoms with Gasteiger partial charge in [-0.2, -0.15) is 0 Å². The van der Waals surface area contributed by atoms with Crippen molar-refractivity contribution in [3.63, 3.8) is 0 Å². The number of carbonyl (C=O) groups is 1. The number of ether oxygens (including phenoxy) is 2. The molecule has 0 atom stereocenters. The monoisotopic (exact) mass is 393 g/mol. The Morgan fingerprint density at radius 2 is 1.97 bits per heavy atom. The van der Waals surface area contributed by atoms with Crippen LogP contribution >= 0.6 is 0 Å². The lowest BCUT2D eigenvalue weighted by Gasteiger charge is -2.21. The van der Waals surface area contributed by atoms with Gasteiger partial charge in [0.25, 0.3) is 0 Å². The molecular formula is C21H23N5O3. The van der Waals surface area contributed by atoms with Crippen LogP contribution < -0.4 is 31.6 Å². The molecule has 3 rings (SSSR count). The minimum atomic E-state index is -0.628. The van der Waals surface area contributed by atoms with Crippen molar-refractivity contribution < 1.29 is 14.3 Å². The number of benzene rings is 2. The zero-order valence-electron chi connectivity index (χ0n) is 16.3. The van der Waals surface area contributed by atoms with E-state index in [1.54, 1.807) is 25.6 Å². The van der Waals surface area contributed by atoms with Crippen LogP contribution in [0, 0.1) is 6.92 Å². The van der Waals surface area contributed by atoms with Gasteiger partial charge in [0.05, 0.1) is 19.0 Å². The second kappa shape index (κ2) is 9.05. The molecule has 1 heterocycles. The van der Waals surface area contributed by atoms with Crippen LogP contribution in [0.3, 0.4) is 0 Å². The second-order valence-electron chi connectivity index (χ2n) is 6.29. The fraction of sp³-hybridized carbons (Fsp3) is 0.143. The number of urea groups is 1. The highest BCUT2D eigenvalue weighted by molar-refractivity contribution is 5.91. The van der Waals surface area contributed by atoms with Gasteiger partial charge >= 0.3 is 6.03 Å². The van der Waals surface area contributed by atoms with E-state index in [1.165, 1.54) is 0 Å². The number of rotatable bonds is 6. The van der Waals surface area contributed by atoms with E-state index in [0.717, 1.165) is 33.0 Å². The molecule has 0 bridgehead atoms. The number of hydrazine groups is 2. The van der Waals surface area contributed by atoms with Crippen molar-refractivity contribution in [1.82, 2.24) is 10.4 Å². The molecule has 8 nitrogen and oxygen atoms in total. The molecule has 0 aliphatic rings. The summed E-state index contributed by atoms with van der Waals surface area (Å²) in [7, 11) is 1.63. The second-order valence-corrected chi connectivity index (χ2v) is 6.29. The molecule has 1 aromatic heterocycles. The Labute approximate surface area is 169 Å². The van der Waals surface area contributed by atoms with Gasteiger partial charge in [0.15, 0.2) is 0 Å². The molecule has 29 heavy (non-hydrogen) atoms. The van der Waals surface area contributed by atoms with Crippen LogP contribution in [-0.2, 0) is 6.61 Å². The first-order valence-electron chi connectivity index (χ1n) is 8.90. The zero-order valence-corrected chi connectivity index (χ0v) is 16.3. The number of aromatic nitrogens is 1. The van der Waals surface area contributed by atoms with Crippen molar-refractivity contribution in [2.75, 3.05) is 12.1 Å². The third-order valence-electron chi connectivity index (χ3n) is 4.50. The molecule has 3 aromatic rings. The molecule has 0 aliphatic carbocycles. The summed E-state index contributed by atoms with van der Waals surface area (Å²) in [4.78, 5) is 16.1. The first kappa shape index (κ1) is 20.1. The van der Waals surface area contributed by atoms with Crippen molar-refractivity contribution in [3.05, 3.63) is 72.1 Å². The predicted molar refractivity (Wildman–Crippen MR) is 111 cm³/mol. The molecule has 8 heteroatoms. The van der Waals surface area contributed by atoms with E-state index in [9.17, 15) is 4.79 Å². The third-order valence-corrected chi connectivity index (χ3v) is 4.50. The minimum absolute atomic E-state index is 0.199. The first-order valence-corrected chi connectivity index (χ1v) is 8.90. The Balaban J connectivity index is 1.85. The summed E-state index contributed by atoms with van der Waals surface area (Å²) in [6.45, 7) is 2.12. The molecule has 2 aromatic carbocycles. The van der Waals surface area contributed by atoms with E-state index in [4.69, 9.17) is 21.2 Å². The van der Waals surface area contributed by atoms with Crippen LogP contribution in [0.2, 0.25) is 0 Å². The Morgan fingerprint density at radius 3 is 2.72 bits per heavy atom. The van der Waals surface area contributed by atoms with Gasteiger partial charge in [-0.15, -0.1) is 0 Å². The summed E-state index contributed by atoms with van der Waals surface area (Å²) < 4.78 is 11.4. The largest absolute Gasteiger partial charge is 0.496 e. The van der Waals surface area contributed by atoms with Gasteiger partial charge in [-0.3, -0.25) is 10.4 Å². The van der Waals surface area contributed by atoms with Crippen LogP contribution in [0.1, 0.15) is 11.1 Å². The maximum atomic E-state index is 11.8. The summed E-state index contributed by atoms with van der Waals surface area (Å²) in [5.41, 5.74) is 6.00. The van der Waals surface area contributed by atoms with E-state index in [2.05, 4.69) is 4.98 Å². The van der Waals surface area contributed by atoms with E-state index in [1.807, 2.05) is 54.8 Å². The maximum absolute atomic E-state index is 11.8. The summed E-state index contributed by atoms with van der Waals surface area (Å²) >= 11 is 0. The summed E-state index contributed by atoms with van der Waals surface area (Å²) in [6.07, 6.45) is 3.38. The molecule has 5 N–H and O–H groups in total. The van der Waals surface area contributed by atoms with Gasteiger partial charge in [0.2, 0.25) is 0 Å². The van der Waals surface area contributed by atoms with Crippen LogP contribution in [-0.4, -0.2) is 18.1 Å². The Bertz CT molecular complexity index is 1010. The average Bonchev–Trinajstić information content (AvgIpc) is 2.77. The highest BCUT2D eigenvalue weighted by atomic mass is 16.5. The highest BCUT2D eigenvalue weighted by Gasteiger charge is 2.16.